The summed E-state index contributed by atoms with van der Waals surface area (Å²) in [6.07, 6.45) is 21.4. The van der Waals surface area contributed by atoms with Gasteiger partial charge in [-0.05, 0) is 6.42 Å². The SMILES string of the molecule is CCCCCCCCCCCCCC[n+]1ccccc1.Cl. The van der Waals surface area contributed by atoms with Gasteiger partial charge in [-0.1, -0.05) is 77.2 Å². The minimum absolute atomic E-state index is 0. The van der Waals surface area contributed by atoms with Gasteiger partial charge in [0.25, 0.3) is 0 Å². The summed E-state index contributed by atoms with van der Waals surface area (Å²) in [5.74, 6) is 0. The van der Waals surface area contributed by atoms with Gasteiger partial charge in [-0.15, -0.1) is 12.4 Å². The maximum Gasteiger partial charge on any atom is 0.168 e. The standard InChI is InChI=1S/C19H34N.ClH/c1-2-3-4-5-6-7-8-9-10-11-12-14-17-20-18-15-13-16-19-20;/h13,15-16,18-19H,2-12,14,17H2,1H3;1H/q+1;. The predicted molar refractivity (Wildman–Crippen MR) is 95.0 cm³/mol. The minimum atomic E-state index is 0. The van der Waals surface area contributed by atoms with Crippen LogP contribution in [0.25, 0.3) is 0 Å². The lowest BCUT2D eigenvalue weighted by Crippen LogP contribution is -2.32. The zero-order valence-corrected chi connectivity index (χ0v) is 14.8. The van der Waals surface area contributed by atoms with Gasteiger partial charge in [-0.3, -0.25) is 0 Å². The van der Waals surface area contributed by atoms with E-state index in [4.69, 9.17) is 0 Å². The fourth-order valence-electron chi connectivity index (χ4n) is 2.72. The number of aromatic nitrogens is 1. The van der Waals surface area contributed by atoms with Crippen LogP contribution < -0.4 is 4.57 Å². The molecule has 0 bridgehead atoms. The maximum atomic E-state index is 2.29. The lowest BCUT2D eigenvalue weighted by Gasteiger charge is -2.02. The first kappa shape index (κ1) is 20.4. The highest BCUT2D eigenvalue weighted by Crippen LogP contribution is 2.11. The molecule has 0 unspecified atom stereocenters. The highest BCUT2D eigenvalue weighted by atomic mass is 35.5. The lowest BCUT2D eigenvalue weighted by molar-refractivity contribution is -0.697. The second-order valence-corrected chi connectivity index (χ2v) is 6.00. The number of unbranched alkanes of at least 4 members (excludes halogenated alkanes) is 11. The van der Waals surface area contributed by atoms with E-state index in [-0.39, 0.29) is 12.4 Å². The summed E-state index contributed by atoms with van der Waals surface area (Å²) < 4.78 is 2.29. The number of pyridine rings is 1. The number of halogens is 1. The van der Waals surface area contributed by atoms with Crippen LogP contribution in [0.3, 0.4) is 0 Å². The van der Waals surface area contributed by atoms with Crippen molar-refractivity contribution in [3.05, 3.63) is 30.6 Å². The molecule has 1 aromatic rings. The molecule has 0 aliphatic carbocycles. The van der Waals surface area contributed by atoms with E-state index in [1.54, 1.807) is 0 Å². The molecule has 1 heterocycles. The Hall–Kier alpha value is -0.560. The molecule has 0 fully saturated rings. The van der Waals surface area contributed by atoms with Crippen molar-refractivity contribution in [3.8, 4) is 0 Å². The van der Waals surface area contributed by atoms with Crippen LogP contribution in [0.2, 0.25) is 0 Å². The number of hydrogen-bond donors (Lipinski definition) is 0. The summed E-state index contributed by atoms with van der Waals surface area (Å²) in [6.45, 7) is 3.47. The molecule has 1 nitrogen and oxygen atoms in total. The zero-order chi connectivity index (χ0) is 14.3. The van der Waals surface area contributed by atoms with Crippen LogP contribution in [0.5, 0.6) is 0 Å². The van der Waals surface area contributed by atoms with Crippen molar-refractivity contribution in [2.24, 2.45) is 0 Å². The van der Waals surface area contributed by atoms with Crippen molar-refractivity contribution in [2.75, 3.05) is 0 Å². The molecule has 0 atom stereocenters. The van der Waals surface area contributed by atoms with E-state index in [9.17, 15) is 0 Å². The largest absolute Gasteiger partial charge is 0.205 e. The van der Waals surface area contributed by atoms with Crippen molar-refractivity contribution in [2.45, 2.75) is 90.5 Å². The summed E-state index contributed by atoms with van der Waals surface area (Å²) in [6, 6.07) is 6.31. The van der Waals surface area contributed by atoms with Gasteiger partial charge in [-0.2, -0.15) is 0 Å². The highest BCUT2D eigenvalue weighted by Gasteiger charge is 1.97. The first-order chi connectivity index (χ1) is 9.93. The van der Waals surface area contributed by atoms with E-state index < -0.39 is 0 Å². The molecule has 122 valence electrons. The number of rotatable bonds is 13. The Kier molecular flexibility index (Phi) is 15.4. The molecule has 0 saturated heterocycles. The third-order valence-electron chi connectivity index (χ3n) is 4.05. The van der Waals surface area contributed by atoms with E-state index in [0.717, 1.165) is 0 Å². The molecule has 1 rings (SSSR count). The van der Waals surface area contributed by atoms with Crippen molar-refractivity contribution in [1.82, 2.24) is 0 Å². The van der Waals surface area contributed by atoms with Gasteiger partial charge in [0, 0.05) is 18.6 Å². The lowest BCUT2D eigenvalue weighted by atomic mass is 10.1. The Morgan fingerprint density at radius 2 is 1.00 bits per heavy atom. The van der Waals surface area contributed by atoms with Crippen LogP contribution in [0.1, 0.15) is 84.0 Å². The van der Waals surface area contributed by atoms with Crippen LogP contribution >= 0.6 is 12.4 Å². The van der Waals surface area contributed by atoms with Crippen molar-refractivity contribution >= 4 is 12.4 Å². The van der Waals surface area contributed by atoms with E-state index in [1.807, 2.05) is 0 Å². The molecule has 0 aromatic carbocycles. The Bertz CT molecular complexity index is 300. The Balaban J connectivity index is 0.00000400. The summed E-state index contributed by atoms with van der Waals surface area (Å²) in [5, 5.41) is 0. The maximum absolute atomic E-state index is 2.29. The highest BCUT2D eigenvalue weighted by molar-refractivity contribution is 5.85. The second-order valence-electron chi connectivity index (χ2n) is 6.00. The quantitative estimate of drug-likeness (QED) is 0.306. The number of aryl methyl sites for hydroxylation is 1. The average Bonchev–Trinajstić information content (AvgIpc) is 2.49. The molecule has 21 heavy (non-hydrogen) atoms. The number of nitrogens with zero attached hydrogens (tertiary/aromatic N) is 1. The van der Waals surface area contributed by atoms with Crippen LogP contribution in [-0.4, -0.2) is 0 Å². The summed E-state index contributed by atoms with van der Waals surface area (Å²) in [7, 11) is 0. The molecule has 0 amide bonds. The molecule has 0 spiro atoms. The molecule has 0 N–H and O–H groups in total. The predicted octanol–water partition coefficient (Wildman–Crippen LogP) is 6.10. The van der Waals surface area contributed by atoms with Crippen molar-refractivity contribution in [1.29, 1.82) is 0 Å². The molecular weight excluding hydrogens is 278 g/mol. The first-order valence-electron chi connectivity index (χ1n) is 8.87. The van der Waals surface area contributed by atoms with Gasteiger partial charge >= 0.3 is 0 Å². The Morgan fingerprint density at radius 1 is 0.571 bits per heavy atom. The molecule has 0 aliphatic rings. The van der Waals surface area contributed by atoms with Gasteiger partial charge < -0.3 is 0 Å². The fraction of sp³-hybridized carbons (Fsp3) is 0.737. The van der Waals surface area contributed by atoms with Gasteiger partial charge in [-0.25, -0.2) is 4.57 Å². The molecular formula is C19H35ClN+. The van der Waals surface area contributed by atoms with Crippen molar-refractivity contribution < 1.29 is 4.57 Å². The summed E-state index contributed by atoms with van der Waals surface area (Å²) in [5.41, 5.74) is 0. The van der Waals surface area contributed by atoms with E-state index in [1.165, 1.54) is 83.6 Å². The zero-order valence-electron chi connectivity index (χ0n) is 13.9. The second kappa shape index (κ2) is 15.8. The smallest absolute Gasteiger partial charge is 0.168 e. The monoisotopic (exact) mass is 312 g/mol. The average molecular weight is 313 g/mol. The van der Waals surface area contributed by atoms with Crippen molar-refractivity contribution in [3.63, 3.8) is 0 Å². The topological polar surface area (TPSA) is 3.88 Å². The first-order valence-corrected chi connectivity index (χ1v) is 8.87. The van der Waals surface area contributed by atoms with Gasteiger partial charge in [0.1, 0.15) is 6.54 Å². The number of hydrogen-bond acceptors (Lipinski definition) is 0. The van der Waals surface area contributed by atoms with E-state index in [2.05, 4.69) is 42.1 Å². The van der Waals surface area contributed by atoms with Crippen LogP contribution in [0.4, 0.5) is 0 Å². The third kappa shape index (κ3) is 12.9. The van der Waals surface area contributed by atoms with Crippen LogP contribution in [0, 0.1) is 0 Å². The molecule has 2 heteroatoms. The van der Waals surface area contributed by atoms with Gasteiger partial charge in [0.2, 0.25) is 0 Å². The summed E-state index contributed by atoms with van der Waals surface area (Å²) in [4.78, 5) is 0. The normalized spacial score (nSPS) is 10.3. The van der Waals surface area contributed by atoms with Gasteiger partial charge in [0.15, 0.2) is 12.4 Å². The molecule has 0 radical (unpaired) electrons. The Labute approximate surface area is 138 Å². The molecule has 0 aliphatic heterocycles. The van der Waals surface area contributed by atoms with Crippen LogP contribution in [-0.2, 0) is 6.54 Å². The molecule has 0 saturated carbocycles. The minimum Gasteiger partial charge on any atom is -0.205 e. The molecule has 1 aromatic heterocycles. The Morgan fingerprint density at radius 3 is 1.48 bits per heavy atom. The summed E-state index contributed by atoms with van der Waals surface area (Å²) >= 11 is 0. The fourth-order valence-corrected chi connectivity index (χ4v) is 2.72. The van der Waals surface area contributed by atoms with E-state index >= 15 is 0 Å². The van der Waals surface area contributed by atoms with Crippen LogP contribution in [0.15, 0.2) is 30.6 Å². The van der Waals surface area contributed by atoms with Gasteiger partial charge in [0.05, 0.1) is 0 Å². The van der Waals surface area contributed by atoms with E-state index in [0.29, 0.717) is 0 Å². The third-order valence-corrected chi connectivity index (χ3v) is 4.05.